The first kappa shape index (κ1) is 20.8. The molecule has 0 aromatic carbocycles. The van der Waals surface area contributed by atoms with E-state index in [-0.39, 0.29) is 25.3 Å². The minimum absolute atomic E-state index is 0. The molecule has 1 aliphatic rings. The van der Waals surface area contributed by atoms with E-state index in [4.69, 9.17) is 4.98 Å². The normalized spacial score (nSPS) is 19.0. The second-order valence-corrected chi connectivity index (χ2v) is 8.43. The predicted molar refractivity (Wildman–Crippen MR) is 123 cm³/mol. The lowest BCUT2D eigenvalue weighted by molar-refractivity contribution is -0.133. The van der Waals surface area contributed by atoms with Gasteiger partial charge in [0.2, 0.25) is 5.91 Å². The van der Waals surface area contributed by atoms with E-state index in [0.29, 0.717) is 5.56 Å². The Bertz CT molecular complexity index is 1130. The lowest BCUT2D eigenvalue weighted by atomic mass is 10.1. The Balaban J connectivity index is 0.00000289. The molecule has 0 radical (unpaired) electrons. The van der Waals surface area contributed by atoms with E-state index in [2.05, 4.69) is 28.7 Å². The van der Waals surface area contributed by atoms with Gasteiger partial charge in [-0.1, -0.05) is 6.07 Å². The van der Waals surface area contributed by atoms with Crippen molar-refractivity contribution in [1.29, 1.82) is 0 Å². The highest BCUT2D eigenvalue weighted by Crippen LogP contribution is 2.29. The minimum atomic E-state index is -0.0884. The summed E-state index contributed by atoms with van der Waals surface area (Å²) in [6.07, 6.45) is 3.47. The third kappa shape index (κ3) is 3.85. The van der Waals surface area contributed by atoms with E-state index in [1.807, 2.05) is 35.4 Å². The number of nitrogens with zero attached hydrogens (tertiary/aromatic N) is 5. The van der Waals surface area contributed by atoms with E-state index in [9.17, 15) is 9.59 Å². The molecule has 0 aliphatic carbocycles. The number of piperazine rings is 1. The lowest BCUT2D eigenvalue weighted by Gasteiger charge is -2.44. The Kier molecular flexibility index (Phi) is 5.39. The van der Waals surface area contributed by atoms with Crippen LogP contribution in [0.25, 0.3) is 22.3 Å². The third-order valence-corrected chi connectivity index (χ3v) is 5.80. The molecule has 2 atom stereocenters. The highest BCUT2D eigenvalue weighted by molar-refractivity contribution is 6.00. The van der Waals surface area contributed by atoms with Crippen LogP contribution in [0.3, 0.4) is 0 Å². The summed E-state index contributed by atoms with van der Waals surface area (Å²) in [6, 6.07) is 8.05. The van der Waals surface area contributed by atoms with Gasteiger partial charge in [-0.2, -0.15) is 0 Å². The van der Waals surface area contributed by atoms with Crippen molar-refractivity contribution in [3.8, 4) is 11.3 Å². The van der Waals surface area contributed by atoms with Crippen LogP contribution >= 0.6 is 0 Å². The smallest absolute Gasteiger partial charge is 0.254 e. The van der Waals surface area contributed by atoms with Gasteiger partial charge >= 0.3 is 0 Å². The third-order valence-electron chi connectivity index (χ3n) is 5.80. The average Bonchev–Trinajstić information content (AvgIpc) is 3.15. The number of carbonyl (C=O) groups is 2. The fourth-order valence-electron chi connectivity index (χ4n) is 4.47. The number of aromatic amines is 1. The second kappa shape index (κ2) is 8.02. The van der Waals surface area contributed by atoms with Gasteiger partial charge in [0.25, 0.3) is 5.91 Å². The summed E-state index contributed by atoms with van der Waals surface area (Å²) in [5.41, 5.74) is 2.97. The van der Waals surface area contributed by atoms with Gasteiger partial charge in [-0.25, -0.2) is 9.97 Å². The van der Waals surface area contributed by atoms with Crippen LogP contribution in [0.2, 0.25) is 0 Å². The summed E-state index contributed by atoms with van der Waals surface area (Å²) in [6.45, 7) is 7.24. The number of hydrogen-bond donors (Lipinski definition) is 1. The van der Waals surface area contributed by atoms with Gasteiger partial charge in [-0.15, -0.1) is 0 Å². The van der Waals surface area contributed by atoms with Crippen LogP contribution < -0.4 is 4.90 Å². The van der Waals surface area contributed by atoms with Crippen LogP contribution in [0.4, 0.5) is 5.82 Å². The van der Waals surface area contributed by atoms with Crippen LogP contribution in [0.1, 0.15) is 32.6 Å². The van der Waals surface area contributed by atoms with E-state index in [1.54, 1.807) is 27.2 Å². The molecule has 8 heteroatoms. The molecule has 1 saturated heterocycles. The zero-order chi connectivity index (χ0) is 22.3. The van der Waals surface area contributed by atoms with E-state index < -0.39 is 0 Å². The molecule has 8 nitrogen and oxygen atoms in total. The molecule has 3 aromatic heterocycles. The standard InChI is InChI=1S/C23H28N6O2.H2/c1-14-12-28(13-15(2)29(14)16(3)30)21-8-6-7-20(26-21)19-11-25-22-18(19)9-17(10-24-22)23(31)27(4)5;/h6-11,14-15H,12-13H2,1-5H3,(H,24,25);1H/t14-,15+;. The van der Waals surface area contributed by atoms with Crippen molar-refractivity contribution in [2.45, 2.75) is 32.9 Å². The molecule has 31 heavy (non-hydrogen) atoms. The second-order valence-electron chi connectivity index (χ2n) is 8.43. The average molecular weight is 423 g/mol. The van der Waals surface area contributed by atoms with Crippen molar-refractivity contribution < 1.29 is 11.0 Å². The van der Waals surface area contributed by atoms with Crippen LogP contribution in [0, 0.1) is 0 Å². The van der Waals surface area contributed by atoms with Crippen LogP contribution in [-0.2, 0) is 4.79 Å². The zero-order valence-electron chi connectivity index (χ0n) is 18.6. The van der Waals surface area contributed by atoms with Crippen LogP contribution in [0.5, 0.6) is 0 Å². The van der Waals surface area contributed by atoms with Crippen molar-refractivity contribution in [3.63, 3.8) is 0 Å². The fourth-order valence-corrected chi connectivity index (χ4v) is 4.47. The maximum absolute atomic E-state index is 12.4. The van der Waals surface area contributed by atoms with E-state index in [1.165, 1.54) is 4.90 Å². The quantitative estimate of drug-likeness (QED) is 0.701. The number of amides is 2. The number of fused-ring (bicyclic) bond motifs is 1. The summed E-state index contributed by atoms with van der Waals surface area (Å²) in [5.74, 6) is 0.896. The van der Waals surface area contributed by atoms with Crippen molar-refractivity contribution in [3.05, 3.63) is 42.2 Å². The molecule has 4 heterocycles. The first-order chi connectivity index (χ1) is 14.8. The van der Waals surface area contributed by atoms with Gasteiger partial charge in [0.05, 0.1) is 11.3 Å². The number of anilines is 1. The lowest BCUT2D eigenvalue weighted by Crippen LogP contribution is -2.58. The summed E-state index contributed by atoms with van der Waals surface area (Å²) in [4.78, 5) is 42.6. The van der Waals surface area contributed by atoms with E-state index in [0.717, 1.165) is 41.2 Å². The van der Waals surface area contributed by atoms with Gasteiger partial charge in [0.1, 0.15) is 11.5 Å². The molecule has 2 amide bonds. The summed E-state index contributed by atoms with van der Waals surface area (Å²) >= 11 is 0. The molecular weight excluding hydrogens is 392 g/mol. The first-order valence-electron chi connectivity index (χ1n) is 10.5. The van der Waals surface area contributed by atoms with Gasteiger partial charge < -0.3 is 19.7 Å². The molecule has 3 aromatic rings. The number of hydrogen-bond acceptors (Lipinski definition) is 5. The summed E-state index contributed by atoms with van der Waals surface area (Å²) < 4.78 is 0. The molecule has 0 bridgehead atoms. The largest absolute Gasteiger partial charge is 0.352 e. The number of pyridine rings is 2. The molecule has 0 unspecified atom stereocenters. The number of H-pyrrole nitrogens is 1. The SMILES string of the molecule is CC(=O)N1[C@H](C)CN(c2cccc(-c3c[nH]c4ncc(C(=O)N(C)C)cc34)n2)C[C@@H]1C.[HH]. The summed E-state index contributed by atoms with van der Waals surface area (Å²) in [5, 5.41) is 0.862. The van der Waals surface area contributed by atoms with Crippen LogP contribution in [-0.4, -0.2) is 75.8 Å². The molecule has 164 valence electrons. The van der Waals surface area contributed by atoms with Gasteiger partial charge in [-0.05, 0) is 32.0 Å². The predicted octanol–water partition coefficient (Wildman–Crippen LogP) is 3.02. The molecular formula is C23H30N6O2. The Morgan fingerprint density at radius 3 is 2.55 bits per heavy atom. The van der Waals surface area contributed by atoms with Crippen molar-refractivity contribution >= 4 is 28.7 Å². The maximum atomic E-state index is 12.4. The number of aromatic nitrogens is 3. The van der Waals surface area contributed by atoms with Crippen molar-refractivity contribution in [1.82, 2.24) is 24.8 Å². The zero-order valence-corrected chi connectivity index (χ0v) is 18.6. The Labute approximate surface area is 183 Å². The number of rotatable bonds is 3. The first-order valence-corrected chi connectivity index (χ1v) is 10.5. The molecule has 0 spiro atoms. The molecule has 4 rings (SSSR count). The molecule has 1 aliphatic heterocycles. The maximum Gasteiger partial charge on any atom is 0.254 e. The highest BCUT2D eigenvalue weighted by Gasteiger charge is 2.31. The van der Waals surface area contributed by atoms with Crippen LogP contribution in [0.15, 0.2) is 36.7 Å². The Hall–Kier alpha value is -3.42. The Morgan fingerprint density at radius 2 is 1.90 bits per heavy atom. The summed E-state index contributed by atoms with van der Waals surface area (Å²) in [7, 11) is 3.45. The topological polar surface area (TPSA) is 85.4 Å². The fraction of sp³-hybridized carbons (Fsp3) is 0.391. The van der Waals surface area contributed by atoms with Gasteiger partial charge in [0, 0.05) is 71.0 Å². The number of nitrogens with one attached hydrogen (secondary N) is 1. The van der Waals surface area contributed by atoms with E-state index >= 15 is 0 Å². The van der Waals surface area contributed by atoms with Crippen molar-refractivity contribution in [2.75, 3.05) is 32.1 Å². The monoisotopic (exact) mass is 422 g/mol. The Morgan fingerprint density at radius 1 is 1.19 bits per heavy atom. The molecule has 0 saturated carbocycles. The van der Waals surface area contributed by atoms with Crippen molar-refractivity contribution in [2.24, 2.45) is 0 Å². The van der Waals surface area contributed by atoms with Gasteiger partial charge in [0.15, 0.2) is 0 Å². The minimum Gasteiger partial charge on any atom is -0.352 e. The highest BCUT2D eigenvalue weighted by atomic mass is 16.2. The number of carbonyl (C=O) groups excluding carboxylic acids is 2. The molecule has 1 fully saturated rings. The molecule has 1 N–H and O–H groups in total. The van der Waals surface area contributed by atoms with Gasteiger partial charge in [-0.3, -0.25) is 9.59 Å².